The predicted molar refractivity (Wildman–Crippen MR) is 76.5 cm³/mol. The third-order valence-electron chi connectivity index (χ3n) is 2.44. The average Bonchev–Trinajstić information content (AvgIpc) is 2.81. The lowest BCUT2D eigenvalue weighted by atomic mass is 10.2. The van der Waals surface area contributed by atoms with Crippen LogP contribution in [0.5, 0.6) is 0 Å². The van der Waals surface area contributed by atoms with E-state index in [1.807, 2.05) is 29.8 Å². The quantitative estimate of drug-likeness (QED) is 0.897. The number of nitrogens with zero attached hydrogens (tertiary/aromatic N) is 1. The van der Waals surface area contributed by atoms with E-state index in [9.17, 15) is 0 Å². The van der Waals surface area contributed by atoms with E-state index in [0.29, 0.717) is 0 Å². The first-order valence-corrected chi connectivity index (χ1v) is 7.28. The Labute approximate surface area is 118 Å². The highest BCUT2D eigenvalue weighted by molar-refractivity contribution is 9.10. The molecule has 1 aromatic carbocycles. The lowest BCUT2D eigenvalue weighted by Gasteiger charge is -2.12. The number of thiazole rings is 1. The molecule has 2 nitrogen and oxygen atoms in total. The monoisotopic (exact) mass is 330 g/mol. The van der Waals surface area contributed by atoms with Gasteiger partial charge in [0, 0.05) is 27.6 Å². The number of nitrogens with one attached hydrogen (secondary N) is 1. The molecule has 0 bridgehead atoms. The molecule has 0 saturated carbocycles. The van der Waals surface area contributed by atoms with Gasteiger partial charge in [-0.2, -0.15) is 0 Å². The van der Waals surface area contributed by atoms with Crippen LogP contribution in [0.25, 0.3) is 0 Å². The maximum atomic E-state index is 6.15. The largest absolute Gasteiger partial charge is 0.304 e. The van der Waals surface area contributed by atoms with Crippen LogP contribution in [-0.2, 0) is 6.54 Å². The summed E-state index contributed by atoms with van der Waals surface area (Å²) in [5.41, 5.74) is 1.10. The normalized spacial score (nSPS) is 12.6. The van der Waals surface area contributed by atoms with Gasteiger partial charge >= 0.3 is 0 Å². The molecule has 0 aliphatic carbocycles. The fourth-order valence-electron chi connectivity index (χ4n) is 1.46. The van der Waals surface area contributed by atoms with Crippen molar-refractivity contribution in [2.45, 2.75) is 19.5 Å². The second kappa shape index (κ2) is 5.96. The second-order valence-corrected chi connectivity index (χ2v) is 5.96. The van der Waals surface area contributed by atoms with Crippen molar-refractivity contribution in [3.63, 3.8) is 0 Å². The zero-order chi connectivity index (χ0) is 12.3. The molecule has 5 heteroatoms. The molecule has 1 atom stereocenters. The Morgan fingerprint density at radius 1 is 1.53 bits per heavy atom. The first-order chi connectivity index (χ1) is 8.16. The van der Waals surface area contributed by atoms with Crippen molar-refractivity contribution in [2.75, 3.05) is 0 Å². The van der Waals surface area contributed by atoms with Gasteiger partial charge < -0.3 is 5.32 Å². The van der Waals surface area contributed by atoms with Crippen LogP contribution in [0, 0.1) is 0 Å². The predicted octanol–water partition coefficient (Wildman–Crippen LogP) is 4.41. The van der Waals surface area contributed by atoms with Gasteiger partial charge in [-0.1, -0.05) is 33.6 Å². The fraction of sp³-hybridized carbons (Fsp3) is 0.250. The van der Waals surface area contributed by atoms with Crippen molar-refractivity contribution in [2.24, 2.45) is 0 Å². The summed E-state index contributed by atoms with van der Waals surface area (Å²) in [6.07, 6.45) is 1.82. The SMILES string of the molecule is CC(NCc1ccc(Br)cc1Cl)c1nccs1. The maximum absolute atomic E-state index is 6.15. The highest BCUT2D eigenvalue weighted by Crippen LogP contribution is 2.22. The van der Waals surface area contributed by atoms with Gasteiger partial charge in [0.25, 0.3) is 0 Å². The number of rotatable bonds is 4. The smallest absolute Gasteiger partial charge is 0.109 e. The van der Waals surface area contributed by atoms with Crippen LogP contribution >= 0.6 is 38.9 Å². The first-order valence-electron chi connectivity index (χ1n) is 5.23. The summed E-state index contributed by atoms with van der Waals surface area (Å²) in [4.78, 5) is 4.28. The van der Waals surface area contributed by atoms with E-state index in [1.54, 1.807) is 11.3 Å². The van der Waals surface area contributed by atoms with Gasteiger partial charge in [0.1, 0.15) is 5.01 Å². The molecule has 0 aliphatic heterocycles. The zero-order valence-corrected chi connectivity index (χ0v) is 12.4. The molecule has 2 rings (SSSR count). The molecule has 0 saturated heterocycles. The Bertz CT molecular complexity index is 487. The minimum atomic E-state index is 0.245. The van der Waals surface area contributed by atoms with Crippen LogP contribution < -0.4 is 5.32 Å². The Morgan fingerprint density at radius 2 is 2.35 bits per heavy atom. The van der Waals surface area contributed by atoms with Crippen molar-refractivity contribution >= 4 is 38.9 Å². The van der Waals surface area contributed by atoms with Crippen molar-refractivity contribution in [1.82, 2.24) is 10.3 Å². The van der Waals surface area contributed by atoms with E-state index in [1.165, 1.54) is 0 Å². The van der Waals surface area contributed by atoms with Crippen LogP contribution in [-0.4, -0.2) is 4.98 Å². The molecule has 0 spiro atoms. The molecule has 17 heavy (non-hydrogen) atoms. The average molecular weight is 332 g/mol. The zero-order valence-electron chi connectivity index (χ0n) is 9.28. The number of benzene rings is 1. The van der Waals surface area contributed by atoms with Gasteiger partial charge in [-0.15, -0.1) is 11.3 Å². The van der Waals surface area contributed by atoms with Crippen LogP contribution in [0.1, 0.15) is 23.5 Å². The molecule has 1 heterocycles. The molecular formula is C12H12BrClN2S. The molecule has 1 N–H and O–H groups in total. The van der Waals surface area contributed by atoms with E-state index in [2.05, 4.69) is 33.2 Å². The summed E-state index contributed by atoms with van der Waals surface area (Å²) in [6.45, 7) is 2.85. The maximum Gasteiger partial charge on any atom is 0.109 e. The van der Waals surface area contributed by atoms with E-state index in [4.69, 9.17) is 11.6 Å². The Kier molecular flexibility index (Phi) is 4.56. The highest BCUT2D eigenvalue weighted by Gasteiger charge is 2.08. The highest BCUT2D eigenvalue weighted by atomic mass is 79.9. The van der Waals surface area contributed by atoms with Crippen molar-refractivity contribution in [3.8, 4) is 0 Å². The van der Waals surface area contributed by atoms with Crippen LogP contribution in [0.15, 0.2) is 34.2 Å². The van der Waals surface area contributed by atoms with Crippen molar-refractivity contribution in [1.29, 1.82) is 0 Å². The van der Waals surface area contributed by atoms with Crippen LogP contribution in [0.2, 0.25) is 5.02 Å². The molecular weight excluding hydrogens is 320 g/mol. The minimum Gasteiger partial charge on any atom is -0.304 e. The second-order valence-electron chi connectivity index (χ2n) is 3.71. The summed E-state index contributed by atoms with van der Waals surface area (Å²) in [5.74, 6) is 0. The first kappa shape index (κ1) is 13.0. The van der Waals surface area contributed by atoms with Gasteiger partial charge in [-0.3, -0.25) is 0 Å². The fourth-order valence-corrected chi connectivity index (χ4v) is 2.87. The van der Waals surface area contributed by atoms with E-state index in [-0.39, 0.29) is 6.04 Å². The van der Waals surface area contributed by atoms with Crippen molar-refractivity contribution in [3.05, 3.63) is 49.8 Å². The summed E-state index contributed by atoms with van der Waals surface area (Å²) in [6, 6.07) is 6.17. The van der Waals surface area contributed by atoms with E-state index >= 15 is 0 Å². The molecule has 90 valence electrons. The lowest BCUT2D eigenvalue weighted by molar-refractivity contribution is 0.572. The summed E-state index contributed by atoms with van der Waals surface area (Å²) in [7, 11) is 0. The third-order valence-corrected chi connectivity index (χ3v) is 4.24. The Hall–Kier alpha value is -0.420. The molecule has 2 aromatic rings. The number of hydrogen-bond acceptors (Lipinski definition) is 3. The standard InChI is InChI=1S/C12H12BrClN2S/c1-8(12-15-4-5-17-12)16-7-9-2-3-10(13)6-11(9)14/h2-6,8,16H,7H2,1H3. The van der Waals surface area contributed by atoms with Gasteiger partial charge in [-0.05, 0) is 24.6 Å². The van der Waals surface area contributed by atoms with Gasteiger partial charge in [0.15, 0.2) is 0 Å². The Balaban J connectivity index is 1.98. The lowest BCUT2D eigenvalue weighted by Crippen LogP contribution is -2.18. The van der Waals surface area contributed by atoms with Gasteiger partial charge in [0.2, 0.25) is 0 Å². The molecule has 0 amide bonds. The number of hydrogen-bond donors (Lipinski definition) is 1. The molecule has 1 aromatic heterocycles. The molecule has 0 radical (unpaired) electrons. The van der Waals surface area contributed by atoms with Crippen LogP contribution in [0.4, 0.5) is 0 Å². The van der Waals surface area contributed by atoms with Gasteiger partial charge in [0.05, 0.1) is 6.04 Å². The van der Waals surface area contributed by atoms with E-state index in [0.717, 1.165) is 26.6 Å². The topological polar surface area (TPSA) is 24.9 Å². The Morgan fingerprint density at radius 3 is 3.00 bits per heavy atom. The van der Waals surface area contributed by atoms with E-state index < -0.39 is 0 Å². The van der Waals surface area contributed by atoms with Crippen molar-refractivity contribution < 1.29 is 0 Å². The molecule has 0 aliphatic rings. The number of aromatic nitrogens is 1. The van der Waals surface area contributed by atoms with Gasteiger partial charge in [-0.25, -0.2) is 4.98 Å². The summed E-state index contributed by atoms with van der Waals surface area (Å²) in [5, 5.41) is 7.27. The molecule has 0 fully saturated rings. The number of halogens is 2. The van der Waals surface area contributed by atoms with Crippen LogP contribution in [0.3, 0.4) is 0 Å². The summed E-state index contributed by atoms with van der Waals surface area (Å²) >= 11 is 11.2. The molecule has 1 unspecified atom stereocenters. The minimum absolute atomic E-state index is 0.245. The summed E-state index contributed by atoms with van der Waals surface area (Å²) < 4.78 is 0.999. The third kappa shape index (κ3) is 3.52.